The Hall–Kier alpha value is -10.5. The largest absolute Gasteiger partial charge is 0.309 e. The van der Waals surface area contributed by atoms with Crippen LogP contribution in [0.2, 0.25) is 0 Å². The Balaban J connectivity index is 0.970. The Bertz CT molecular complexity index is 4510. The van der Waals surface area contributed by atoms with E-state index in [-0.39, 0.29) is 0 Å². The highest BCUT2D eigenvalue weighted by Crippen LogP contribution is 2.47. The van der Waals surface area contributed by atoms with E-state index >= 15 is 0 Å². The summed E-state index contributed by atoms with van der Waals surface area (Å²) in [5, 5.41) is 9.79. The van der Waals surface area contributed by atoms with Crippen molar-refractivity contribution >= 4 is 89.5 Å². The lowest BCUT2D eigenvalue weighted by atomic mass is 9.83. The van der Waals surface area contributed by atoms with Gasteiger partial charge in [-0.3, -0.25) is 0 Å². The molecule has 0 fully saturated rings. The van der Waals surface area contributed by atoms with Gasteiger partial charge >= 0.3 is 0 Å². The Morgan fingerprint density at radius 3 is 0.900 bits per heavy atom. The first-order chi connectivity index (χ1) is 39.7. The SMILES string of the molecule is C(=Cc1cccc(-c2c3ccc(-c4cccc(-n5c6ccccc6c6ccccc65)c4)cc3c(-c3cccc(C=Cc4ccccc4)c3)c3ccc(-c4cccc(-n5c6ccccc6c6ccccc65)c4)cc23)c1)c1ccccc1. The quantitative estimate of drug-likeness (QED) is 0.0954. The second kappa shape index (κ2) is 19.8. The number of nitrogens with zero attached hydrogens (tertiary/aromatic N) is 2. The fourth-order valence-corrected chi connectivity index (χ4v) is 12.4. The van der Waals surface area contributed by atoms with Crippen LogP contribution in [-0.4, -0.2) is 9.13 Å². The molecule has 15 aromatic rings. The number of hydrogen-bond acceptors (Lipinski definition) is 0. The maximum Gasteiger partial charge on any atom is 0.0541 e. The molecular formula is C78H52N2. The molecule has 2 heterocycles. The Morgan fingerprint density at radius 2 is 0.500 bits per heavy atom. The average molecular weight is 1020 g/mol. The second-order valence-electron chi connectivity index (χ2n) is 20.8. The highest BCUT2D eigenvalue weighted by atomic mass is 15.0. The predicted octanol–water partition coefficient (Wildman–Crippen LogP) is 21.2. The standard InChI is InChI=1S/C78H52N2/c1-3-19-53(20-4-1)39-41-55-23-15-27-61(47-55)77-69-45-43-60(58-26-18-30-64(50-58)80-75-37-13-9-33-67(75)68-34-10-14-38-76(68)80)52-72(69)78(62-28-16-24-56(48-62)42-40-54-21-5-2-6-22-54)70-46-44-59(51-71(70)77)57-25-17-29-63(49-57)79-73-35-11-7-31-65(73)66-32-8-12-36-74(66)79/h1-52H. The van der Waals surface area contributed by atoms with Crippen LogP contribution in [0.4, 0.5) is 0 Å². The van der Waals surface area contributed by atoms with E-state index in [1.165, 1.54) is 98.5 Å². The van der Waals surface area contributed by atoms with Crippen molar-refractivity contribution in [2.24, 2.45) is 0 Å². The molecule has 2 aromatic heterocycles. The van der Waals surface area contributed by atoms with Crippen molar-refractivity contribution in [3.8, 4) is 55.9 Å². The number of para-hydroxylation sites is 4. The van der Waals surface area contributed by atoms with Gasteiger partial charge in [0.05, 0.1) is 22.1 Å². The number of benzene rings is 13. The molecule has 80 heavy (non-hydrogen) atoms. The number of fused-ring (bicyclic) bond motifs is 8. The van der Waals surface area contributed by atoms with Crippen molar-refractivity contribution in [1.82, 2.24) is 9.13 Å². The lowest BCUT2D eigenvalue weighted by molar-refractivity contribution is 1.18. The third kappa shape index (κ3) is 8.30. The highest BCUT2D eigenvalue weighted by molar-refractivity contribution is 6.23. The molecule has 0 aliphatic carbocycles. The summed E-state index contributed by atoms with van der Waals surface area (Å²) in [5.41, 5.74) is 21.0. The van der Waals surface area contributed by atoms with Crippen molar-refractivity contribution in [2.75, 3.05) is 0 Å². The maximum absolute atomic E-state index is 2.45. The van der Waals surface area contributed by atoms with E-state index in [0.717, 1.165) is 44.8 Å². The van der Waals surface area contributed by atoms with Crippen molar-refractivity contribution < 1.29 is 0 Å². The smallest absolute Gasteiger partial charge is 0.0541 e. The summed E-state index contributed by atoms with van der Waals surface area (Å²) in [6.45, 7) is 0. The van der Waals surface area contributed by atoms with Gasteiger partial charge in [0.25, 0.3) is 0 Å². The monoisotopic (exact) mass is 1020 g/mol. The van der Waals surface area contributed by atoms with Gasteiger partial charge in [-0.15, -0.1) is 0 Å². The molecule has 15 rings (SSSR count). The molecule has 0 unspecified atom stereocenters. The van der Waals surface area contributed by atoms with E-state index < -0.39 is 0 Å². The second-order valence-corrected chi connectivity index (χ2v) is 20.8. The molecule has 13 aromatic carbocycles. The first kappa shape index (κ1) is 46.7. The van der Waals surface area contributed by atoms with E-state index in [0.29, 0.717) is 0 Å². The van der Waals surface area contributed by atoms with E-state index in [1.807, 2.05) is 0 Å². The van der Waals surface area contributed by atoms with E-state index in [4.69, 9.17) is 0 Å². The molecule has 0 saturated heterocycles. The van der Waals surface area contributed by atoms with E-state index in [2.05, 4.69) is 325 Å². The maximum atomic E-state index is 2.45. The molecule has 0 spiro atoms. The number of hydrogen-bond donors (Lipinski definition) is 0. The molecule has 0 N–H and O–H groups in total. The number of aromatic nitrogens is 2. The summed E-state index contributed by atoms with van der Waals surface area (Å²) in [7, 11) is 0. The van der Waals surface area contributed by atoms with Gasteiger partial charge in [-0.1, -0.05) is 243 Å². The zero-order valence-corrected chi connectivity index (χ0v) is 43.9. The lowest BCUT2D eigenvalue weighted by Crippen LogP contribution is -1.95. The van der Waals surface area contributed by atoms with Crippen LogP contribution in [-0.2, 0) is 0 Å². The Kier molecular flexibility index (Phi) is 11.6. The van der Waals surface area contributed by atoms with Crippen molar-refractivity contribution in [3.63, 3.8) is 0 Å². The molecule has 0 bridgehead atoms. The molecule has 2 heteroatoms. The number of rotatable bonds is 10. The van der Waals surface area contributed by atoms with Crippen LogP contribution in [0.15, 0.2) is 291 Å². The summed E-state index contributed by atoms with van der Waals surface area (Å²) in [6, 6.07) is 107. The molecule has 0 aliphatic heterocycles. The summed E-state index contributed by atoms with van der Waals surface area (Å²) in [5.74, 6) is 0. The van der Waals surface area contributed by atoms with Crippen LogP contribution in [0, 0.1) is 0 Å². The fraction of sp³-hybridized carbons (Fsp3) is 0. The normalized spacial score (nSPS) is 11.9. The van der Waals surface area contributed by atoms with Crippen LogP contribution < -0.4 is 0 Å². The molecular weight excluding hydrogens is 965 g/mol. The van der Waals surface area contributed by atoms with Crippen LogP contribution >= 0.6 is 0 Å². The third-order valence-electron chi connectivity index (χ3n) is 16.0. The van der Waals surface area contributed by atoms with Gasteiger partial charge in [0, 0.05) is 32.9 Å². The third-order valence-corrected chi connectivity index (χ3v) is 16.0. The highest BCUT2D eigenvalue weighted by Gasteiger charge is 2.21. The molecule has 0 aliphatic rings. The minimum Gasteiger partial charge on any atom is -0.309 e. The van der Waals surface area contributed by atoms with Gasteiger partial charge in [-0.25, -0.2) is 0 Å². The minimum absolute atomic E-state index is 1.13. The fourth-order valence-electron chi connectivity index (χ4n) is 12.4. The van der Waals surface area contributed by atoms with Gasteiger partial charge in [0.1, 0.15) is 0 Å². The molecule has 2 nitrogen and oxygen atoms in total. The summed E-state index contributed by atoms with van der Waals surface area (Å²) >= 11 is 0. The molecule has 0 atom stereocenters. The van der Waals surface area contributed by atoms with Gasteiger partial charge in [-0.05, 0) is 161 Å². The average Bonchev–Trinajstić information content (AvgIpc) is 4.15. The minimum atomic E-state index is 1.13. The van der Waals surface area contributed by atoms with Crippen molar-refractivity contribution in [1.29, 1.82) is 0 Å². The van der Waals surface area contributed by atoms with Crippen LogP contribution in [0.5, 0.6) is 0 Å². The molecule has 0 saturated carbocycles. The van der Waals surface area contributed by atoms with Crippen LogP contribution in [0.3, 0.4) is 0 Å². The van der Waals surface area contributed by atoms with Crippen molar-refractivity contribution in [3.05, 3.63) is 313 Å². The van der Waals surface area contributed by atoms with Gasteiger partial charge < -0.3 is 9.13 Å². The lowest BCUT2D eigenvalue weighted by Gasteiger charge is -2.20. The summed E-state index contributed by atoms with van der Waals surface area (Å²) in [6.07, 6.45) is 8.89. The van der Waals surface area contributed by atoms with Crippen LogP contribution in [0.1, 0.15) is 22.3 Å². The summed E-state index contributed by atoms with van der Waals surface area (Å²) < 4.78 is 4.83. The molecule has 0 radical (unpaired) electrons. The molecule has 0 amide bonds. The van der Waals surface area contributed by atoms with Crippen LogP contribution in [0.25, 0.3) is 145 Å². The van der Waals surface area contributed by atoms with Gasteiger partial charge in [-0.2, -0.15) is 0 Å². The predicted molar refractivity (Wildman–Crippen MR) is 343 cm³/mol. The topological polar surface area (TPSA) is 9.86 Å². The van der Waals surface area contributed by atoms with Gasteiger partial charge in [0.15, 0.2) is 0 Å². The van der Waals surface area contributed by atoms with E-state index in [1.54, 1.807) is 0 Å². The Morgan fingerprint density at radius 1 is 0.188 bits per heavy atom. The summed E-state index contributed by atoms with van der Waals surface area (Å²) in [4.78, 5) is 0. The zero-order valence-electron chi connectivity index (χ0n) is 43.9. The molecule has 374 valence electrons. The van der Waals surface area contributed by atoms with E-state index in [9.17, 15) is 0 Å². The zero-order chi connectivity index (χ0) is 52.9. The first-order valence-corrected chi connectivity index (χ1v) is 27.6. The van der Waals surface area contributed by atoms with Gasteiger partial charge in [0.2, 0.25) is 0 Å². The van der Waals surface area contributed by atoms with Crippen molar-refractivity contribution in [2.45, 2.75) is 0 Å². The first-order valence-electron chi connectivity index (χ1n) is 27.6. The Labute approximate surface area is 465 Å².